The van der Waals surface area contributed by atoms with Gasteiger partial charge in [0.15, 0.2) is 5.78 Å². The molecule has 0 radical (unpaired) electrons. The lowest BCUT2D eigenvalue weighted by Crippen LogP contribution is -2.46. The van der Waals surface area contributed by atoms with Gasteiger partial charge in [-0.05, 0) is 86.0 Å². The Kier molecular flexibility index (Phi) is 5.98. The second kappa shape index (κ2) is 8.65. The summed E-state index contributed by atoms with van der Waals surface area (Å²) in [6.45, 7) is 0. The van der Waals surface area contributed by atoms with Crippen molar-refractivity contribution in [1.29, 1.82) is 0 Å². The summed E-state index contributed by atoms with van der Waals surface area (Å²) in [5.74, 6) is 6.77. The molecule has 28 heavy (non-hydrogen) atoms. The maximum atomic E-state index is 13.5. The molecule has 0 spiro atoms. The molecule has 1 heteroatoms. The predicted molar refractivity (Wildman–Crippen MR) is 116 cm³/mol. The van der Waals surface area contributed by atoms with E-state index in [2.05, 4.69) is 12.2 Å². The van der Waals surface area contributed by atoms with Crippen LogP contribution in [0.5, 0.6) is 0 Å². The number of carbonyl (C=O) groups excluding carboxylic acids is 1. The van der Waals surface area contributed by atoms with E-state index in [0.29, 0.717) is 17.6 Å². The van der Waals surface area contributed by atoms with Crippen molar-refractivity contribution in [2.24, 2.45) is 47.3 Å². The van der Waals surface area contributed by atoms with E-state index in [1.807, 2.05) is 0 Å². The molecule has 7 atom stereocenters. The van der Waals surface area contributed by atoms with Gasteiger partial charge in [-0.15, -0.1) is 0 Å². The van der Waals surface area contributed by atoms with Crippen LogP contribution >= 0.6 is 0 Å². The lowest BCUT2D eigenvalue weighted by molar-refractivity contribution is -0.129. The Morgan fingerprint density at radius 1 is 0.571 bits per heavy atom. The van der Waals surface area contributed by atoms with Crippen LogP contribution in [0.2, 0.25) is 0 Å². The first-order valence-electron chi connectivity index (χ1n) is 13.0. The standard InChI is InChI=1S/C27H42O/c28-26(16-14-19-13-15-20-7-1-2-8-21(20)17-19)27-24-11-5-3-9-22(24)18-23-10-4-6-12-25(23)27/h14,16,19-25,27H,1-13,15,17-18H2/b16-14+. The van der Waals surface area contributed by atoms with Crippen molar-refractivity contribution < 1.29 is 4.79 Å². The second-order valence-electron chi connectivity index (χ2n) is 11.3. The molecule has 5 saturated carbocycles. The fourth-order valence-corrected chi connectivity index (χ4v) is 8.56. The zero-order valence-electron chi connectivity index (χ0n) is 18.0. The summed E-state index contributed by atoms with van der Waals surface area (Å²) in [4.78, 5) is 13.5. The van der Waals surface area contributed by atoms with Crippen molar-refractivity contribution in [3.05, 3.63) is 12.2 Å². The highest BCUT2D eigenvalue weighted by Crippen LogP contribution is 2.53. The van der Waals surface area contributed by atoms with Gasteiger partial charge < -0.3 is 0 Å². The van der Waals surface area contributed by atoms with E-state index in [0.717, 1.165) is 35.5 Å². The SMILES string of the molecule is O=C(/C=C/C1CCC2CCCCC2C1)C1C2CCCCC2CC2CCCCC21. The van der Waals surface area contributed by atoms with E-state index in [1.165, 1.54) is 103 Å². The zero-order chi connectivity index (χ0) is 18.9. The quantitative estimate of drug-likeness (QED) is 0.466. The van der Waals surface area contributed by atoms with E-state index >= 15 is 0 Å². The van der Waals surface area contributed by atoms with Crippen molar-refractivity contribution in [3.63, 3.8) is 0 Å². The summed E-state index contributed by atoms with van der Waals surface area (Å²) >= 11 is 0. The third-order valence-corrected chi connectivity index (χ3v) is 9.91. The predicted octanol–water partition coefficient (Wildman–Crippen LogP) is 7.35. The highest BCUT2D eigenvalue weighted by molar-refractivity contribution is 5.92. The third kappa shape index (κ3) is 3.89. The monoisotopic (exact) mass is 382 g/mol. The summed E-state index contributed by atoms with van der Waals surface area (Å²) in [7, 11) is 0. The number of rotatable bonds is 3. The minimum Gasteiger partial charge on any atom is -0.295 e. The molecule has 0 aromatic rings. The van der Waals surface area contributed by atoms with Crippen molar-refractivity contribution in [1.82, 2.24) is 0 Å². The van der Waals surface area contributed by atoms with Gasteiger partial charge in [0.1, 0.15) is 0 Å². The highest BCUT2D eigenvalue weighted by Gasteiger charge is 2.47. The molecule has 0 aromatic heterocycles. The largest absolute Gasteiger partial charge is 0.295 e. The summed E-state index contributed by atoms with van der Waals surface area (Å²) in [5, 5.41) is 0. The highest BCUT2D eigenvalue weighted by atomic mass is 16.1. The van der Waals surface area contributed by atoms with E-state index in [9.17, 15) is 4.79 Å². The number of allylic oxidation sites excluding steroid dienone is 2. The molecule has 7 unspecified atom stereocenters. The minimum absolute atomic E-state index is 0.381. The molecule has 5 aliphatic carbocycles. The zero-order valence-corrected chi connectivity index (χ0v) is 18.0. The molecule has 5 fully saturated rings. The molecule has 156 valence electrons. The van der Waals surface area contributed by atoms with Crippen molar-refractivity contribution in [2.45, 2.75) is 103 Å². The minimum atomic E-state index is 0.381. The summed E-state index contributed by atoms with van der Waals surface area (Å²) in [6, 6.07) is 0. The van der Waals surface area contributed by atoms with Gasteiger partial charge in [0.05, 0.1) is 0 Å². The van der Waals surface area contributed by atoms with Crippen LogP contribution in [0.4, 0.5) is 0 Å². The Labute approximate surface area is 173 Å². The van der Waals surface area contributed by atoms with Crippen LogP contribution in [0.15, 0.2) is 12.2 Å². The Morgan fingerprint density at radius 3 is 1.82 bits per heavy atom. The van der Waals surface area contributed by atoms with Crippen molar-refractivity contribution in [2.75, 3.05) is 0 Å². The van der Waals surface area contributed by atoms with Crippen LogP contribution in [0, 0.1) is 47.3 Å². The Bertz CT molecular complexity index is 555. The summed E-state index contributed by atoms with van der Waals surface area (Å²) in [5.41, 5.74) is 0. The lowest BCUT2D eigenvalue weighted by Gasteiger charge is -2.50. The average molecular weight is 383 g/mol. The van der Waals surface area contributed by atoms with E-state index in [1.54, 1.807) is 0 Å². The normalized spacial score (nSPS) is 46.4. The molecule has 0 bridgehead atoms. The van der Waals surface area contributed by atoms with E-state index < -0.39 is 0 Å². The van der Waals surface area contributed by atoms with Crippen LogP contribution in [-0.4, -0.2) is 5.78 Å². The summed E-state index contributed by atoms with van der Waals surface area (Å²) in [6.07, 6.45) is 27.0. The van der Waals surface area contributed by atoms with E-state index in [-0.39, 0.29) is 0 Å². The molecule has 0 amide bonds. The maximum absolute atomic E-state index is 13.5. The van der Waals surface area contributed by atoms with E-state index in [4.69, 9.17) is 0 Å². The van der Waals surface area contributed by atoms with Crippen molar-refractivity contribution >= 4 is 5.78 Å². The van der Waals surface area contributed by atoms with Crippen molar-refractivity contribution in [3.8, 4) is 0 Å². The molecule has 0 heterocycles. The fourth-order valence-electron chi connectivity index (χ4n) is 8.56. The number of fused-ring (bicyclic) bond motifs is 3. The van der Waals surface area contributed by atoms with Gasteiger partial charge in [-0.2, -0.15) is 0 Å². The lowest BCUT2D eigenvalue weighted by atomic mass is 9.54. The molecule has 0 saturated heterocycles. The van der Waals surface area contributed by atoms with Gasteiger partial charge >= 0.3 is 0 Å². The van der Waals surface area contributed by atoms with Gasteiger partial charge in [0, 0.05) is 5.92 Å². The van der Waals surface area contributed by atoms with Gasteiger partial charge in [-0.25, -0.2) is 0 Å². The Morgan fingerprint density at radius 2 is 1.14 bits per heavy atom. The number of ketones is 1. The van der Waals surface area contributed by atoms with Crippen LogP contribution < -0.4 is 0 Å². The average Bonchev–Trinajstić information content (AvgIpc) is 2.75. The van der Waals surface area contributed by atoms with Gasteiger partial charge in [-0.1, -0.05) is 70.3 Å². The molecule has 0 aromatic carbocycles. The Balaban J connectivity index is 1.27. The first-order valence-corrected chi connectivity index (χ1v) is 13.0. The molecule has 0 aliphatic heterocycles. The van der Waals surface area contributed by atoms with Gasteiger partial charge in [0.2, 0.25) is 0 Å². The molecular weight excluding hydrogens is 340 g/mol. The molecule has 1 nitrogen and oxygen atoms in total. The third-order valence-electron chi connectivity index (χ3n) is 9.91. The van der Waals surface area contributed by atoms with Crippen LogP contribution in [0.1, 0.15) is 103 Å². The number of hydrogen-bond acceptors (Lipinski definition) is 1. The second-order valence-corrected chi connectivity index (χ2v) is 11.3. The van der Waals surface area contributed by atoms with Crippen LogP contribution in [0.25, 0.3) is 0 Å². The molecular formula is C27H42O. The molecule has 5 aliphatic rings. The molecule has 0 N–H and O–H groups in total. The summed E-state index contributed by atoms with van der Waals surface area (Å²) < 4.78 is 0. The van der Waals surface area contributed by atoms with Gasteiger partial charge in [-0.3, -0.25) is 4.79 Å². The van der Waals surface area contributed by atoms with Gasteiger partial charge in [0.25, 0.3) is 0 Å². The number of carbonyl (C=O) groups is 1. The fraction of sp³-hybridized carbons (Fsp3) is 0.889. The smallest absolute Gasteiger partial charge is 0.159 e. The topological polar surface area (TPSA) is 17.1 Å². The Hall–Kier alpha value is -0.590. The van der Waals surface area contributed by atoms with Crippen LogP contribution in [0.3, 0.4) is 0 Å². The first-order chi connectivity index (χ1) is 13.8. The van der Waals surface area contributed by atoms with Crippen LogP contribution in [-0.2, 0) is 4.79 Å². The maximum Gasteiger partial charge on any atom is 0.159 e. The number of hydrogen-bond donors (Lipinski definition) is 0. The molecule has 5 rings (SSSR count). The first kappa shape index (κ1) is 19.4.